The van der Waals surface area contributed by atoms with E-state index in [1.54, 1.807) is 6.20 Å². The minimum Gasteiger partial charge on any atom is -0.475 e. The highest BCUT2D eigenvalue weighted by Crippen LogP contribution is 2.29. The molecule has 0 amide bonds. The first-order valence-corrected chi connectivity index (χ1v) is 9.88. The minimum atomic E-state index is -0.372. The zero-order valence-electron chi connectivity index (χ0n) is 16.4. The highest BCUT2D eigenvalue weighted by molar-refractivity contribution is 5.96. The van der Waals surface area contributed by atoms with Crippen molar-refractivity contribution in [3.63, 3.8) is 0 Å². The van der Waals surface area contributed by atoms with Crippen molar-refractivity contribution in [2.24, 2.45) is 4.99 Å². The molecule has 3 heterocycles. The van der Waals surface area contributed by atoms with Crippen molar-refractivity contribution in [3.05, 3.63) is 103 Å². The molecule has 0 fully saturated rings. The van der Waals surface area contributed by atoms with Gasteiger partial charge in [0.2, 0.25) is 5.90 Å². The van der Waals surface area contributed by atoms with E-state index in [0.29, 0.717) is 19.0 Å². The first kappa shape index (κ1) is 18.2. The van der Waals surface area contributed by atoms with Gasteiger partial charge in [-0.25, -0.2) is 19.9 Å². The maximum absolute atomic E-state index is 6.11. The van der Waals surface area contributed by atoms with Crippen LogP contribution in [0.4, 0.5) is 0 Å². The molecule has 0 N–H and O–H groups in total. The Bertz CT molecular complexity index is 1130. The lowest BCUT2D eigenvalue weighted by molar-refractivity contribution is 0.233. The molecule has 30 heavy (non-hydrogen) atoms. The molecule has 1 unspecified atom stereocenters. The van der Waals surface area contributed by atoms with Crippen LogP contribution in [0.5, 0.6) is 0 Å². The van der Waals surface area contributed by atoms with Crippen LogP contribution in [-0.4, -0.2) is 37.6 Å². The number of aliphatic imine (C=N–C) groups is 1. The van der Waals surface area contributed by atoms with E-state index in [4.69, 9.17) is 9.73 Å². The highest BCUT2D eigenvalue weighted by Gasteiger charge is 2.37. The van der Waals surface area contributed by atoms with Crippen molar-refractivity contribution in [2.45, 2.75) is 18.5 Å². The van der Waals surface area contributed by atoms with Gasteiger partial charge in [-0.15, -0.1) is 0 Å². The lowest BCUT2D eigenvalue weighted by atomic mass is 9.92. The number of imidazole rings is 1. The van der Waals surface area contributed by atoms with Crippen molar-refractivity contribution in [1.29, 1.82) is 0 Å². The Morgan fingerprint density at radius 3 is 2.37 bits per heavy atom. The Balaban J connectivity index is 1.44. The standard InChI is InChI=1S/C24H21N5O/c1-2-4-19(5-3-1)12-24(15-29-11-10-25-18-29)16-30-23(28-24)21-8-6-20(7-9-21)22-13-26-17-27-14-22/h1-11,13-14,17-18H,12,15-16H2. The Morgan fingerprint density at radius 2 is 1.63 bits per heavy atom. The topological polar surface area (TPSA) is 65.2 Å². The summed E-state index contributed by atoms with van der Waals surface area (Å²) in [5.74, 6) is 0.682. The number of nitrogens with zero attached hydrogens (tertiary/aromatic N) is 5. The van der Waals surface area contributed by atoms with Gasteiger partial charge in [0, 0.05) is 42.3 Å². The predicted octanol–water partition coefficient (Wildman–Crippen LogP) is 3.80. The summed E-state index contributed by atoms with van der Waals surface area (Å²) in [7, 11) is 0. The second-order valence-corrected chi connectivity index (χ2v) is 7.53. The van der Waals surface area contributed by atoms with E-state index in [1.807, 2.05) is 55.2 Å². The minimum absolute atomic E-state index is 0.372. The van der Waals surface area contributed by atoms with Gasteiger partial charge in [-0.2, -0.15) is 0 Å². The van der Waals surface area contributed by atoms with Crippen LogP contribution in [0.1, 0.15) is 11.1 Å². The summed E-state index contributed by atoms with van der Waals surface area (Å²) >= 11 is 0. The third-order valence-electron chi connectivity index (χ3n) is 5.25. The molecule has 2 aromatic carbocycles. The van der Waals surface area contributed by atoms with E-state index in [1.165, 1.54) is 11.9 Å². The number of rotatable bonds is 6. The molecule has 0 aliphatic carbocycles. The lowest BCUT2D eigenvalue weighted by Gasteiger charge is -2.24. The van der Waals surface area contributed by atoms with E-state index >= 15 is 0 Å². The van der Waals surface area contributed by atoms with Crippen LogP contribution >= 0.6 is 0 Å². The molecular formula is C24H21N5O. The van der Waals surface area contributed by atoms with Gasteiger partial charge in [-0.1, -0.05) is 42.5 Å². The maximum atomic E-state index is 6.11. The number of aromatic nitrogens is 4. The van der Waals surface area contributed by atoms with Gasteiger partial charge in [-0.05, 0) is 23.3 Å². The molecule has 2 aromatic heterocycles. The van der Waals surface area contributed by atoms with E-state index in [2.05, 4.69) is 43.8 Å². The monoisotopic (exact) mass is 395 g/mol. The van der Waals surface area contributed by atoms with Gasteiger partial charge in [0.05, 0.1) is 12.9 Å². The molecule has 0 spiro atoms. The molecular weight excluding hydrogens is 374 g/mol. The molecule has 1 aliphatic heterocycles. The van der Waals surface area contributed by atoms with Gasteiger partial charge in [0.15, 0.2) is 0 Å². The highest BCUT2D eigenvalue weighted by atomic mass is 16.5. The molecule has 4 aromatic rings. The zero-order chi connectivity index (χ0) is 20.2. The molecule has 148 valence electrons. The van der Waals surface area contributed by atoms with Gasteiger partial charge in [-0.3, -0.25) is 0 Å². The van der Waals surface area contributed by atoms with Crippen molar-refractivity contribution in [1.82, 2.24) is 19.5 Å². The summed E-state index contributed by atoms with van der Waals surface area (Å²) in [6.45, 7) is 1.24. The summed E-state index contributed by atoms with van der Waals surface area (Å²) < 4.78 is 8.18. The molecule has 6 nitrogen and oxygen atoms in total. The van der Waals surface area contributed by atoms with Crippen LogP contribution in [-0.2, 0) is 17.7 Å². The lowest BCUT2D eigenvalue weighted by Crippen LogP contribution is -2.36. The Labute approximate surface area is 175 Å². The zero-order valence-corrected chi connectivity index (χ0v) is 16.4. The van der Waals surface area contributed by atoms with Crippen LogP contribution in [0.15, 0.2) is 97.0 Å². The Kier molecular flexibility index (Phi) is 4.81. The van der Waals surface area contributed by atoms with E-state index in [0.717, 1.165) is 23.1 Å². The second-order valence-electron chi connectivity index (χ2n) is 7.53. The number of benzene rings is 2. The summed E-state index contributed by atoms with van der Waals surface area (Å²) in [5, 5.41) is 0. The van der Waals surface area contributed by atoms with Crippen LogP contribution in [0.25, 0.3) is 11.1 Å². The predicted molar refractivity (Wildman–Crippen MR) is 115 cm³/mol. The van der Waals surface area contributed by atoms with Crippen LogP contribution in [0.2, 0.25) is 0 Å². The van der Waals surface area contributed by atoms with Crippen LogP contribution in [0.3, 0.4) is 0 Å². The fourth-order valence-electron chi connectivity index (χ4n) is 3.81. The smallest absolute Gasteiger partial charge is 0.216 e. The third-order valence-corrected chi connectivity index (χ3v) is 5.25. The molecule has 1 aliphatic rings. The third kappa shape index (κ3) is 3.85. The van der Waals surface area contributed by atoms with Gasteiger partial charge in [0.1, 0.15) is 18.5 Å². The van der Waals surface area contributed by atoms with Crippen molar-refractivity contribution in [2.75, 3.05) is 6.61 Å². The average molecular weight is 395 g/mol. The van der Waals surface area contributed by atoms with Gasteiger partial charge >= 0.3 is 0 Å². The first-order valence-electron chi connectivity index (χ1n) is 9.88. The summed E-state index contributed by atoms with van der Waals surface area (Å²) in [6.07, 6.45) is 11.5. The number of hydrogen-bond donors (Lipinski definition) is 0. The molecule has 0 radical (unpaired) electrons. The molecule has 1 atom stereocenters. The number of hydrogen-bond acceptors (Lipinski definition) is 5. The molecule has 0 saturated carbocycles. The van der Waals surface area contributed by atoms with Crippen LogP contribution in [0, 0.1) is 0 Å². The number of ether oxygens (including phenoxy) is 1. The fourth-order valence-corrected chi connectivity index (χ4v) is 3.81. The maximum Gasteiger partial charge on any atom is 0.216 e. The van der Waals surface area contributed by atoms with Gasteiger partial charge in [0.25, 0.3) is 0 Å². The molecule has 0 saturated heterocycles. The Morgan fingerprint density at radius 1 is 0.867 bits per heavy atom. The average Bonchev–Trinajstić information content (AvgIpc) is 3.46. The molecule has 6 heteroatoms. The second kappa shape index (κ2) is 7.91. The summed E-state index contributed by atoms with van der Waals surface area (Å²) in [5.41, 5.74) is 3.88. The van der Waals surface area contributed by atoms with E-state index in [-0.39, 0.29) is 5.54 Å². The van der Waals surface area contributed by atoms with Crippen molar-refractivity contribution in [3.8, 4) is 11.1 Å². The normalized spacial score (nSPS) is 18.1. The summed E-state index contributed by atoms with van der Waals surface area (Å²) in [6, 6.07) is 18.6. The largest absolute Gasteiger partial charge is 0.475 e. The van der Waals surface area contributed by atoms with Gasteiger partial charge < -0.3 is 9.30 Å². The molecule has 5 rings (SSSR count). The first-order chi connectivity index (χ1) is 14.8. The van der Waals surface area contributed by atoms with E-state index < -0.39 is 0 Å². The Hall–Kier alpha value is -3.80. The van der Waals surface area contributed by atoms with Crippen LogP contribution < -0.4 is 0 Å². The quantitative estimate of drug-likeness (QED) is 0.498. The fraction of sp³-hybridized carbons (Fsp3) is 0.167. The van der Waals surface area contributed by atoms with E-state index in [9.17, 15) is 0 Å². The van der Waals surface area contributed by atoms with Crippen molar-refractivity contribution < 1.29 is 4.74 Å². The van der Waals surface area contributed by atoms with Crippen molar-refractivity contribution >= 4 is 5.90 Å². The molecule has 0 bridgehead atoms. The summed E-state index contributed by atoms with van der Waals surface area (Å²) in [4.78, 5) is 17.4. The SMILES string of the molecule is c1ccc(CC2(Cn3ccnc3)COC(c3ccc(-c4cncnc4)cc3)=N2)cc1.